The maximum atomic E-state index is 13.2. The molecule has 202 valence electrons. The highest BCUT2D eigenvalue weighted by Crippen LogP contribution is 2.35. The Morgan fingerprint density at radius 2 is 1.84 bits per heavy atom. The number of H-pyrrole nitrogens is 1. The molecule has 0 spiro atoms. The number of benzene rings is 1. The summed E-state index contributed by atoms with van der Waals surface area (Å²) in [5, 5.41) is 24.1. The largest absolute Gasteiger partial charge is 0.444 e. The summed E-state index contributed by atoms with van der Waals surface area (Å²) in [5.41, 5.74) is -0.924. The third-order valence-electron chi connectivity index (χ3n) is 6.24. The van der Waals surface area contributed by atoms with Crippen LogP contribution in [0.15, 0.2) is 52.2 Å². The molecule has 0 radical (unpaired) electrons. The first-order valence-corrected chi connectivity index (χ1v) is 12.4. The minimum atomic E-state index is -1.24. The molecule has 1 heterocycles. The Hall–Kier alpha value is -3.44. The Kier molecular flexibility index (Phi) is 9.28. The van der Waals surface area contributed by atoms with Crippen LogP contribution in [0.4, 0.5) is 4.79 Å². The van der Waals surface area contributed by atoms with Crippen molar-refractivity contribution in [1.29, 1.82) is 0 Å². The van der Waals surface area contributed by atoms with Crippen molar-refractivity contribution in [3.63, 3.8) is 0 Å². The molecule has 11 heteroatoms. The van der Waals surface area contributed by atoms with Gasteiger partial charge in [-0.1, -0.05) is 30.3 Å². The minimum absolute atomic E-state index is 0.164. The normalized spacial score (nSPS) is 21.4. The van der Waals surface area contributed by atoms with Crippen molar-refractivity contribution in [1.82, 2.24) is 19.8 Å². The van der Waals surface area contributed by atoms with Gasteiger partial charge in [-0.3, -0.25) is 19.1 Å². The number of ether oxygens (including phenoxy) is 1. The number of rotatable bonds is 9. The van der Waals surface area contributed by atoms with Crippen LogP contribution in [0, 0.1) is 5.92 Å². The molecule has 1 aliphatic rings. The average molecular weight is 517 g/mol. The third-order valence-corrected chi connectivity index (χ3v) is 6.24. The summed E-state index contributed by atoms with van der Waals surface area (Å²) < 4.78 is 6.41. The quantitative estimate of drug-likeness (QED) is 0.365. The second-order valence-electron chi connectivity index (χ2n) is 10.4. The maximum absolute atomic E-state index is 13.2. The van der Waals surface area contributed by atoms with Crippen LogP contribution in [0.2, 0.25) is 0 Å². The van der Waals surface area contributed by atoms with Gasteiger partial charge in [-0.2, -0.15) is 0 Å². The highest BCUT2D eigenvalue weighted by atomic mass is 16.6. The molecule has 4 atom stereocenters. The van der Waals surface area contributed by atoms with Crippen LogP contribution in [-0.2, 0) is 16.1 Å². The molecule has 37 heavy (non-hydrogen) atoms. The van der Waals surface area contributed by atoms with Crippen LogP contribution < -0.4 is 16.6 Å². The molecule has 4 N–H and O–H groups in total. The summed E-state index contributed by atoms with van der Waals surface area (Å²) >= 11 is 0. The van der Waals surface area contributed by atoms with Gasteiger partial charge in [0.15, 0.2) is 0 Å². The Morgan fingerprint density at radius 1 is 1.14 bits per heavy atom. The topological polar surface area (TPSA) is 154 Å². The number of aliphatic hydroxyl groups excluding tert-OH is 2. The fourth-order valence-corrected chi connectivity index (χ4v) is 4.49. The van der Waals surface area contributed by atoms with E-state index in [1.54, 1.807) is 25.7 Å². The summed E-state index contributed by atoms with van der Waals surface area (Å²) in [6.07, 6.45) is -0.843. The Morgan fingerprint density at radius 3 is 2.49 bits per heavy atom. The lowest BCUT2D eigenvalue weighted by Crippen LogP contribution is -2.40. The summed E-state index contributed by atoms with van der Waals surface area (Å²) in [4.78, 5) is 52.5. The molecule has 0 unspecified atom stereocenters. The molecule has 1 aliphatic carbocycles. The minimum Gasteiger partial charge on any atom is -0.444 e. The molecule has 0 saturated heterocycles. The number of amides is 2. The zero-order valence-electron chi connectivity index (χ0n) is 21.4. The molecular formula is C26H36N4O7. The zero-order chi connectivity index (χ0) is 27.2. The van der Waals surface area contributed by atoms with Crippen LogP contribution in [0.1, 0.15) is 51.6 Å². The lowest BCUT2D eigenvalue weighted by molar-refractivity contribution is -0.133. The number of aromatic nitrogens is 2. The number of hydrogen-bond acceptors (Lipinski definition) is 7. The molecule has 1 aromatic carbocycles. The lowest BCUT2D eigenvalue weighted by atomic mass is 10.0. The highest BCUT2D eigenvalue weighted by Gasteiger charge is 2.43. The molecule has 1 fully saturated rings. The van der Waals surface area contributed by atoms with Gasteiger partial charge in [0, 0.05) is 44.2 Å². The molecular weight excluding hydrogens is 480 g/mol. The van der Waals surface area contributed by atoms with Crippen molar-refractivity contribution in [3.8, 4) is 0 Å². The van der Waals surface area contributed by atoms with Crippen LogP contribution in [0.3, 0.4) is 0 Å². The summed E-state index contributed by atoms with van der Waals surface area (Å²) in [6.45, 7) is 6.04. The zero-order valence-corrected chi connectivity index (χ0v) is 21.4. The van der Waals surface area contributed by atoms with E-state index >= 15 is 0 Å². The van der Waals surface area contributed by atoms with Gasteiger partial charge in [0.25, 0.3) is 5.56 Å². The van der Waals surface area contributed by atoms with E-state index in [0.29, 0.717) is 13.0 Å². The molecule has 2 amide bonds. The van der Waals surface area contributed by atoms with E-state index in [2.05, 4.69) is 10.3 Å². The first kappa shape index (κ1) is 28.1. The van der Waals surface area contributed by atoms with Crippen molar-refractivity contribution in [2.75, 3.05) is 13.1 Å². The SMILES string of the molecule is CC(C)(C)OC(=O)NCCCC(=O)N(Cc1ccccc1)C[C@@H]1C[C@@H](n2ccc(=O)[nH]c2=O)[C@@H](O)[C@@H]1O. The first-order valence-electron chi connectivity index (χ1n) is 12.4. The van der Waals surface area contributed by atoms with Crippen molar-refractivity contribution in [2.45, 2.75) is 70.4 Å². The van der Waals surface area contributed by atoms with Crippen molar-refractivity contribution < 1.29 is 24.5 Å². The van der Waals surface area contributed by atoms with Gasteiger partial charge in [-0.05, 0) is 39.2 Å². The Labute approximate surface area is 215 Å². The van der Waals surface area contributed by atoms with Crippen molar-refractivity contribution >= 4 is 12.0 Å². The number of carbonyl (C=O) groups is 2. The van der Waals surface area contributed by atoms with E-state index in [4.69, 9.17) is 4.74 Å². The summed E-state index contributed by atoms with van der Waals surface area (Å²) in [5.74, 6) is -0.660. The number of alkyl carbamates (subject to hydrolysis) is 1. The number of aliphatic hydroxyl groups is 2. The van der Waals surface area contributed by atoms with Crippen molar-refractivity contribution in [3.05, 3.63) is 69.0 Å². The van der Waals surface area contributed by atoms with Crippen molar-refractivity contribution in [2.24, 2.45) is 5.92 Å². The van der Waals surface area contributed by atoms with E-state index in [1.165, 1.54) is 16.8 Å². The van der Waals surface area contributed by atoms with Gasteiger partial charge < -0.3 is 25.2 Å². The maximum Gasteiger partial charge on any atom is 0.407 e. The predicted molar refractivity (Wildman–Crippen MR) is 136 cm³/mol. The molecule has 2 aromatic rings. The van der Waals surface area contributed by atoms with Gasteiger partial charge in [0.05, 0.1) is 12.1 Å². The average Bonchev–Trinajstić information content (AvgIpc) is 3.09. The molecule has 11 nitrogen and oxygen atoms in total. The second-order valence-corrected chi connectivity index (χ2v) is 10.4. The summed E-state index contributed by atoms with van der Waals surface area (Å²) in [6, 6.07) is 9.85. The molecule has 1 saturated carbocycles. The first-order chi connectivity index (χ1) is 17.4. The lowest BCUT2D eigenvalue weighted by Gasteiger charge is -2.28. The van der Waals surface area contributed by atoms with Gasteiger partial charge in [0.2, 0.25) is 5.91 Å². The molecule has 1 aromatic heterocycles. The number of nitrogens with one attached hydrogen (secondary N) is 2. The Balaban J connectivity index is 1.66. The smallest absolute Gasteiger partial charge is 0.407 e. The third kappa shape index (κ3) is 8.02. The standard InChI is InChI=1S/C26H36N4O7/c1-26(2,3)37-25(36)27-12-7-10-21(32)29(15-17-8-5-4-6-9-17)16-18-14-19(23(34)22(18)33)30-13-11-20(31)28-24(30)35/h4-6,8-9,11,13,18-19,22-23,33-34H,7,10,12,14-16H2,1-3H3,(H,27,36)(H,28,31,35)/t18-,19+,22+,23+/m0/s1. The van der Waals surface area contributed by atoms with Crippen LogP contribution in [-0.4, -0.2) is 67.6 Å². The van der Waals surface area contributed by atoms with E-state index < -0.39 is 47.1 Å². The summed E-state index contributed by atoms with van der Waals surface area (Å²) in [7, 11) is 0. The van der Waals surface area contributed by atoms with E-state index in [1.807, 2.05) is 30.3 Å². The van der Waals surface area contributed by atoms with E-state index in [-0.39, 0.29) is 31.8 Å². The van der Waals surface area contributed by atoms with Gasteiger partial charge in [-0.15, -0.1) is 0 Å². The fraction of sp³-hybridized carbons (Fsp3) is 0.538. The number of aromatic amines is 1. The Bertz CT molecular complexity index is 1170. The van der Waals surface area contributed by atoms with Crippen LogP contribution in [0.5, 0.6) is 0 Å². The second kappa shape index (κ2) is 12.2. The molecule has 0 aliphatic heterocycles. The number of nitrogens with zero attached hydrogens (tertiary/aromatic N) is 2. The fourth-order valence-electron chi connectivity index (χ4n) is 4.49. The monoisotopic (exact) mass is 516 g/mol. The van der Waals surface area contributed by atoms with E-state index in [9.17, 15) is 29.4 Å². The van der Waals surface area contributed by atoms with Crippen LogP contribution >= 0.6 is 0 Å². The predicted octanol–water partition coefficient (Wildman–Crippen LogP) is 1.15. The molecule has 3 rings (SSSR count). The van der Waals surface area contributed by atoms with Gasteiger partial charge in [0.1, 0.15) is 11.7 Å². The number of carbonyl (C=O) groups excluding carboxylic acids is 2. The van der Waals surface area contributed by atoms with Gasteiger partial charge >= 0.3 is 11.8 Å². The number of hydrogen-bond donors (Lipinski definition) is 4. The van der Waals surface area contributed by atoms with E-state index in [0.717, 1.165) is 5.56 Å². The highest BCUT2D eigenvalue weighted by molar-refractivity contribution is 5.76. The van der Waals surface area contributed by atoms with Gasteiger partial charge in [-0.25, -0.2) is 9.59 Å². The van der Waals surface area contributed by atoms with Crippen LogP contribution in [0.25, 0.3) is 0 Å². The molecule has 0 bridgehead atoms.